The van der Waals surface area contributed by atoms with Crippen molar-refractivity contribution in [3.05, 3.63) is 29.6 Å². The van der Waals surface area contributed by atoms with E-state index in [2.05, 4.69) is 20.1 Å². The monoisotopic (exact) mass is 475 g/mol. The van der Waals surface area contributed by atoms with Crippen molar-refractivity contribution in [2.75, 3.05) is 24.2 Å². The molecule has 3 aliphatic rings. The van der Waals surface area contributed by atoms with Gasteiger partial charge in [0.05, 0.1) is 10.6 Å². The van der Waals surface area contributed by atoms with Gasteiger partial charge in [0.25, 0.3) is 0 Å². The van der Waals surface area contributed by atoms with Gasteiger partial charge in [-0.1, -0.05) is 24.2 Å². The van der Waals surface area contributed by atoms with Crippen molar-refractivity contribution in [2.45, 2.75) is 73.9 Å². The zero-order valence-corrected chi connectivity index (χ0v) is 19.9. The van der Waals surface area contributed by atoms with Gasteiger partial charge in [0, 0.05) is 30.7 Å². The summed E-state index contributed by atoms with van der Waals surface area (Å²) in [5, 5.41) is 12.4. The molecular formula is C22H29N5O3S2. The van der Waals surface area contributed by atoms with Crippen molar-refractivity contribution in [1.29, 1.82) is 0 Å². The quantitative estimate of drug-likeness (QED) is 0.585. The zero-order chi connectivity index (χ0) is 22.3. The van der Waals surface area contributed by atoms with Crippen molar-refractivity contribution < 1.29 is 13.2 Å². The van der Waals surface area contributed by atoms with Gasteiger partial charge in [-0.25, -0.2) is 8.42 Å². The molecule has 0 bridgehead atoms. The van der Waals surface area contributed by atoms with Gasteiger partial charge in [0.1, 0.15) is 5.82 Å². The molecule has 1 N–H and O–H groups in total. The first kappa shape index (κ1) is 21.9. The summed E-state index contributed by atoms with van der Waals surface area (Å²) in [6, 6.07) is 5.57. The van der Waals surface area contributed by atoms with Crippen LogP contribution in [0.1, 0.15) is 68.3 Å². The molecular weight excluding hydrogens is 446 g/mol. The molecule has 1 aliphatic heterocycles. The highest BCUT2D eigenvalue weighted by Gasteiger charge is 2.36. The summed E-state index contributed by atoms with van der Waals surface area (Å²) in [4.78, 5) is 12.9. The number of aryl methyl sites for hydroxylation is 1. The van der Waals surface area contributed by atoms with E-state index < -0.39 is 10.0 Å². The Morgan fingerprint density at radius 3 is 2.56 bits per heavy atom. The molecule has 0 atom stereocenters. The summed E-state index contributed by atoms with van der Waals surface area (Å²) < 4.78 is 30.0. The number of piperidine rings is 1. The molecule has 1 amide bonds. The fraction of sp³-hybridized carbons (Fsp3) is 0.591. The average molecular weight is 476 g/mol. The number of hydrogen-bond acceptors (Lipinski definition) is 6. The van der Waals surface area contributed by atoms with E-state index in [0.29, 0.717) is 36.3 Å². The van der Waals surface area contributed by atoms with E-state index in [4.69, 9.17) is 0 Å². The predicted octanol–water partition coefficient (Wildman–Crippen LogP) is 3.70. The van der Waals surface area contributed by atoms with Crippen LogP contribution in [0, 0.1) is 6.92 Å². The number of carbonyl (C=O) groups excluding carboxylic acids is 1. The van der Waals surface area contributed by atoms with Gasteiger partial charge in [0.15, 0.2) is 5.16 Å². The number of rotatable bonds is 8. The van der Waals surface area contributed by atoms with E-state index in [9.17, 15) is 13.2 Å². The first-order valence-electron chi connectivity index (χ1n) is 11.4. The molecule has 2 heterocycles. The maximum atomic E-state index is 13.1. The minimum atomic E-state index is -3.56. The Morgan fingerprint density at radius 2 is 1.88 bits per heavy atom. The summed E-state index contributed by atoms with van der Waals surface area (Å²) in [5.41, 5.74) is 1.19. The second kappa shape index (κ2) is 8.79. The molecule has 2 saturated carbocycles. The Morgan fingerprint density at radius 1 is 1.12 bits per heavy atom. The van der Waals surface area contributed by atoms with E-state index in [1.54, 1.807) is 29.4 Å². The van der Waals surface area contributed by atoms with Crippen LogP contribution in [0.15, 0.2) is 28.3 Å². The molecule has 172 valence electrons. The molecule has 3 fully saturated rings. The van der Waals surface area contributed by atoms with Crippen LogP contribution in [0.4, 0.5) is 5.69 Å². The predicted molar refractivity (Wildman–Crippen MR) is 123 cm³/mol. The van der Waals surface area contributed by atoms with Gasteiger partial charge in [0.2, 0.25) is 15.9 Å². The van der Waals surface area contributed by atoms with Crippen LogP contribution in [0.2, 0.25) is 0 Å². The summed E-state index contributed by atoms with van der Waals surface area (Å²) >= 11 is 1.40. The second-order valence-electron chi connectivity index (χ2n) is 9.00. The Kier molecular flexibility index (Phi) is 6.02. The van der Waals surface area contributed by atoms with Gasteiger partial charge < -0.3 is 9.88 Å². The largest absolute Gasteiger partial charge is 0.325 e. The molecule has 2 aromatic rings. The molecule has 0 spiro atoms. The van der Waals surface area contributed by atoms with Crippen molar-refractivity contribution in [1.82, 2.24) is 19.1 Å². The second-order valence-corrected chi connectivity index (χ2v) is 11.8. The van der Waals surface area contributed by atoms with Crippen LogP contribution in [-0.4, -0.2) is 52.2 Å². The van der Waals surface area contributed by atoms with Gasteiger partial charge in [-0.15, -0.1) is 10.2 Å². The normalized spacial score (nSPS) is 19.8. The lowest BCUT2D eigenvalue weighted by Gasteiger charge is -2.26. The number of nitrogens with one attached hydrogen (secondary N) is 1. The van der Waals surface area contributed by atoms with E-state index in [0.717, 1.165) is 43.1 Å². The van der Waals surface area contributed by atoms with Crippen LogP contribution in [0.25, 0.3) is 0 Å². The van der Waals surface area contributed by atoms with Crippen molar-refractivity contribution in [3.8, 4) is 0 Å². The lowest BCUT2D eigenvalue weighted by atomic mass is 10.2. The molecule has 32 heavy (non-hydrogen) atoms. The van der Waals surface area contributed by atoms with E-state index in [-0.39, 0.29) is 16.6 Å². The third kappa shape index (κ3) is 4.58. The number of nitrogens with zero attached hydrogens (tertiary/aromatic N) is 4. The SMILES string of the molecule is Cc1ccc(NC(=O)CSc2nnc(C3CC3)n2C2CC2)cc1S(=O)(=O)N1CCCCC1. The van der Waals surface area contributed by atoms with Gasteiger partial charge in [-0.05, 0) is 63.1 Å². The maximum Gasteiger partial charge on any atom is 0.243 e. The molecule has 1 aromatic carbocycles. The fourth-order valence-electron chi connectivity index (χ4n) is 4.21. The minimum Gasteiger partial charge on any atom is -0.325 e. The lowest BCUT2D eigenvalue weighted by Crippen LogP contribution is -2.36. The number of amides is 1. The molecule has 1 aromatic heterocycles. The van der Waals surface area contributed by atoms with Gasteiger partial charge >= 0.3 is 0 Å². The molecule has 5 rings (SSSR count). The lowest BCUT2D eigenvalue weighted by molar-refractivity contribution is -0.113. The summed E-state index contributed by atoms with van der Waals surface area (Å²) in [5.74, 6) is 1.62. The molecule has 2 aliphatic carbocycles. The molecule has 0 radical (unpaired) electrons. The molecule has 0 unspecified atom stereocenters. The number of anilines is 1. The minimum absolute atomic E-state index is 0.182. The van der Waals surface area contributed by atoms with Crippen LogP contribution >= 0.6 is 11.8 Å². The number of thioether (sulfide) groups is 1. The Labute approximate surface area is 193 Å². The number of carbonyl (C=O) groups is 1. The highest BCUT2D eigenvalue weighted by molar-refractivity contribution is 7.99. The highest BCUT2D eigenvalue weighted by Crippen LogP contribution is 2.46. The zero-order valence-electron chi connectivity index (χ0n) is 18.3. The van der Waals surface area contributed by atoms with E-state index in [1.165, 1.54) is 24.6 Å². The van der Waals surface area contributed by atoms with Crippen molar-refractivity contribution in [2.24, 2.45) is 0 Å². The number of benzene rings is 1. The number of hydrogen-bond donors (Lipinski definition) is 1. The molecule has 1 saturated heterocycles. The fourth-order valence-corrected chi connectivity index (χ4v) is 6.79. The standard InChI is InChI=1S/C22H29N5O3S2/c1-15-5-8-17(13-19(15)32(29,30)26-11-3-2-4-12-26)23-20(28)14-31-22-25-24-21(16-6-7-16)27(22)18-9-10-18/h5,8,13,16,18H,2-4,6-7,9-12,14H2,1H3,(H,23,28). The summed E-state index contributed by atoms with van der Waals surface area (Å²) in [6.45, 7) is 2.90. The smallest absolute Gasteiger partial charge is 0.243 e. The van der Waals surface area contributed by atoms with E-state index >= 15 is 0 Å². The maximum absolute atomic E-state index is 13.1. The first-order chi connectivity index (χ1) is 15.4. The summed E-state index contributed by atoms with van der Waals surface area (Å²) in [7, 11) is -3.56. The number of sulfonamides is 1. The Balaban J connectivity index is 1.26. The third-order valence-corrected chi connectivity index (χ3v) is 9.27. The van der Waals surface area contributed by atoms with Crippen LogP contribution in [0.5, 0.6) is 0 Å². The first-order valence-corrected chi connectivity index (χ1v) is 13.8. The molecule has 10 heteroatoms. The van der Waals surface area contributed by atoms with Crippen LogP contribution < -0.4 is 5.32 Å². The van der Waals surface area contributed by atoms with Crippen molar-refractivity contribution >= 4 is 33.4 Å². The van der Waals surface area contributed by atoms with Crippen LogP contribution in [0.3, 0.4) is 0 Å². The Bertz CT molecular complexity index is 1120. The average Bonchev–Trinajstić information content (AvgIpc) is 3.73. The van der Waals surface area contributed by atoms with Crippen molar-refractivity contribution in [3.63, 3.8) is 0 Å². The highest BCUT2D eigenvalue weighted by atomic mass is 32.2. The van der Waals surface area contributed by atoms with Crippen LogP contribution in [-0.2, 0) is 14.8 Å². The topological polar surface area (TPSA) is 97.2 Å². The molecule has 8 nitrogen and oxygen atoms in total. The number of aromatic nitrogens is 3. The van der Waals surface area contributed by atoms with Gasteiger partial charge in [-0.3, -0.25) is 4.79 Å². The Hall–Kier alpha value is -1.91. The van der Waals surface area contributed by atoms with Gasteiger partial charge in [-0.2, -0.15) is 4.31 Å². The third-order valence-electron chi connectivity index (χ3n) is 6.28. The van der Waals surface area contributed by atoms with E-state index in [1.807, 2.05) is 0 Å². The summed E-state index contributed by atoms with van der Waals surface area (Å²) in [6.07, 6.45) is 7.48.